The van der Waals surface area contributed by atoms with Gasteiger partial charge in [0.25, 0.3) is 5.56 Å². The van der Waals surface area contributed by atoms with Gasteiger partial charge in [-0.2, -0.15) is 0 Å². The zero-order valence-electron chi connectivity index (χ0n) is 9.74. The average molecular weight is 224 g/mol. The van der Waals surface area contributed by atoms with Crippen molar-refractivity contribution in [2.75, 3.05) is 0 Å². The number of hydrogen-bond donors (Lipinski definition) is 1. The Morgan fingerprint density at radius 3 is 2.71 bits per heavy atom. The van der Waals surface area contributed by atoms with E-state index < -0.39 is 0 Å². The molecule has 0 aliphatic carbocycles. The fourth-order valence-electron chi connectivity index (χ4n) is 2.09. The first kappa shape index (κ1) is 10.0. The molecule has 0 spiro atoms. The summed E-state index contributed by atoms with van der Waals surface area (Å²) in [6.45, 7) is 3.93. The quantitative estimate of drug-likeness (QED) is 0.597. The van der Waals surface area contributed by atoms with Crippen LogP contribution in [0.2, 0.25) is 0 Å². The predicted molar refractivity (Wildman–Crippen MR) is 69.3 cm³/mol. The average Bonchev–Trinajstić information content (AvgIpc) is 2.32. The van der Waals surface area contributed by atoms with Crippen molar-refractivity contribution in [3.05, 3.63) is 51.9 Å². The van der Waals surface area contributed by atoms with Gasteiger partial charge in [0.1, 0.15) is 5.52 Å². The highest BCUT2D eigenvalue weighted by atomic mass is 16.1. The predicted octanol–water partition coefficient (Wildman–Crippen LogP) is 2.69. The number of rotatable bonds is 0. The van der Waals surface area contributed by atoms with Gasteiger partial charge < -0.3 is 4.98 Å². The molecule has 1 aromatic carbocycles. The molecular formula is C14H12N2O. The van der Waals surface area contributed by atoms with Crippen LogP contribution in [0.25, 0.3) is 21.8 Å². The molecule has 0 amide bonds. The minimum atomic E-state index is -0.123. The number of nitrogens with zero attached hydrogens (tertiary/aromatic N) is 1. The van der Waals surface area contributed by atoms with E-state index in [2.05, 4.69) is 9.97 Å². The normalized spacial score (nSPS) is 11.2. The number of aromatic amines is 1. The lowest BCUT2D eigenvalue weighted by Gasteiger charge is -2.05. The van der Waals surface area contributed by atoms with Crippen molar-refractivity contribution in [2.45, 2.75) is 13.8 Å². The molecule has 3 aromatic rings. The highest BCUT2D eigenvalue weighted by Gasteiger charge is 2.07. The van der Waals surface area contributed by atoms with Gasteiger partial charge in [-0.15, -0.1) is 0 Å². The lowest BCUT2D eigenvalue weighted by molar-refractivity contribution is 1.17. The van der Waals surface area contributed by atoms with Crippen LogP contribution < -0.4 is 5.56 Å². The molecule has 84 valence electrons. The number of benzene rings is 1. The third-order valence-corrected chi connectivity index (χ3v) is 3.15. The van der Waals surface area contributed by atoms with Crippen LogP contribution in [0.1, 0.15) is 11.3 Å². The van der Waals surface area contributed by atoms with E-state index in [1.54, 1.807) is 0 Å². The van der Waals surface area contributed by atoms with Crippen molar-refractivity contribution < 1.29 is 0 Å². The second-order valence-corrected chi connectivity index (χ2v) is 4.29. The van der Waals surface area contributed by atoms with E-state index in [1.165, 1.54) is 0 Å². The highest BCUT2D eigenvalue weighted by Crippen LogP contribution is 2.21. The first-order valence-corrected chi connectivity index (χ1v) is 5.56. The van der Waals surface area contributed by atoms with Gasteiger partial charge >= 0.3 is 0 Å². The van der Waals surface area contributed by atoms with Crippen molar-refractivity contribution in [2.24, 2.45) is 0 Å². The van der Waals surface area contributed by atoms with E-state index in [-0.39, 0.29) is 5.56 Å². The Bertz CT molecular complexity index is 787. The van der Waals surface area contributed by atoms with Gasteiger partial charge in [0.2, 0.25) is 0 Å². The summed E-state index contributed by atoms with van der Waals surface area (Å²) in [7, 11) is 0. The zero-order valence-corrected chi connectivity index (χ0v) is 9.74. The number of nitrogens with one attached hydrogen (secondary N) is 1. The van der Waals surface area contributed by atoms with Gasteiger partial charge in [-0.3, -0.25) is 4.79 Å². The second-order valence-electron chi connectivity index (χ2n) is 4.29. The molecule has 0 aliphatic rings. The SMILES string of the molecule is Cc1cc2c(nc1C)c(=O)[nH]c1ccccc12. The van der Waals surface area contributed by atoms with Crippen LogP contribution in [-0.2, 0) is 0 Å². The maximum absolute atomic E-state index is 11.9. The number of fused-ring (bicyclic) bond motifs is 3. The number of hydrogen-bond acceptors (Lipinski definition) is 2. The Morgan fingerprint density at radius 1 is 1.12 bits per heavy atom. The molecule has 0 saturated carbocycles. The van der Waals surface area contributed by atoms with Crippen molar-refractivity contribution in [1.29, 1.82) is 0 Å². The first-order valence-electron chi connectivity index (χ1n) is 5.56. The van der Waals surface area contributed by atoms with Crippen LogP contribution in [0.5, 0.6) is 0 Å². The zero-order chi connectivity index (χ0) is 12.0. The van der Waals surface area contributed by atoms with Gasteiger partial charge in [-0.05, 0) is 31.5 Å². The topological polar surface area (TPSA) is 45.8 Å². The van der Waals surface area contributed by atoms with E-state index in [0.29, 0.717) is 5.52 Å². The standard InChI is InChI=1S/C14H12N2O/c1-8-7-11-10-5-3-4-6-12(10)16-14(17)13(11)15-9(8)2/h3-7H,1-2H3,(H,16,17). The monoisotopic (exact) mass is 224 g/mol. The molecule has 0 fully saturated rings. The van der Waals surface area contributed by atoms with Crippen LogP contribution in [0, 0.1) is 13.8 Å². The number of para-hydroxylation sites is 1. The van der Waals surface area contributed by atoms with E-state index in [4.69, 9.17) is 0 Å². The largest absolute Gasteiger partial charge is 0.320 e. The lowest BCUT2D eigenvalue weighted by atomic mass is 10.1. The molecule has 0 radical (unpaired) electrons. The first-order chi connectivity index (χ1) is 8.16. The summed E-state index contributed by atoms with van der Waals surface area (Å²) in [6, 6.07) is 9.83. The minimum absolute atomic E-state index is 0.123. The van der Waals surface area contributed by atoms with Crippen molar-refractivity contribution in [3.8, 4) is 0 Å². The maximum Gasteiger partial charge on any atom is 0.274 e. The second kappa shape index (κ2) is 3.42. The molecule has 2 aromatic heterocycles. The van der Waals surface area contributed by atoms with Crippen LogP contribution >= 0.6 is 0 Å². The summed E-state index contributed by atoms with van der Waals surface area (Å²) in [5, 5.41) is 1.96. The van der Waals surface area contributed by atoms with Crippen molar-refractivity contribution in [3.63, 3.8) is 0 Å². The fraction of sp³-hybridized carbons (Fsp3) is 0.143. The maximum atomic E-state index is 11.9. The molecule has 0 unspecified atom stereocenters. The number of pyridine rings is 2. The number of aryl methyl sites for hydroxylation is 2. The van der Waals surface area contributed by atoms with Crippen LogP contribution in [0.3, 0.4) is 0 Å². The molecule has 3 heteroatoms. The Hall–Kier alpha value is -2.16. The summed E-state index contributed by atoms with van der Waals surface area (Å²) < 4.78 is 0. The lowest BCUT2D eigenvalue weighted by Crippen LogP contribution is -2.09. The van der Waals surface area contributed by atoms with E-state index in [0.717, 1.165) is 27.5 Å². The third-order valence-electron chi connectivity index (χ3n) is 3.15. The minimum Gasteiger partial charge on any atom is -0.320 e. The molecular weight excluding hydrogens is 212 g/mol. The molecule has 0 bridgehead atoms. The number of aromatic nitrogens is 2. The smallest absolute Gasteiger partial charge is 0.274 e. The molecule has 0 aliphatic heterocycles. The molecule has 0 saturated heterocycles. The molecule has 0 atom stereocenters. The third kappa shape index (κ3) is 1.43. The van der Waals surface area contributed by atoms with E-state index >= 15 is 0 Å². The molecule has 3 nitrogen and oxygen atoms in total. The fourth-order valence-corrected chi connectivity index (χ4v) is 2.09. The molecule has 2 heterocycles. The summed E-state index contributed by atoms with van der Waals surface area (Å²) in [6.07, 6.45) is 0. The highest BCUT2D eigenvalue weighted by molar-refractivity contribution is 6.03. The van der Waals surface area contributed by atoms with Gasteiger partial charge in [-0.1, -0.05) is 18.2 Å². The Morgan fingerprint density at radius 2 is 1.88 bits per heavy atom. The summed E-state index contributed by atoms with van der Waals surface area (Å²) >= 11 is 0. The van der Waals surface area contributed by atoms with Crippen molar-refractivity contribution >= 4 is 21.8 Å². The van der Waals surface area contributed by atoms with Crippen LogP contribution in [0.4, 0.5) is 0 Å². The van der Waals surface area contributed by atoms with Crippen LogP contribution in [0.15, 0.2) is 35.1 Å². The van der Waals surface area contributed by atoms with E-state index in [9.17, 15) is 4.79 Å². The number of H-pyrrole nitrogens is 1. The molecule has 3 rings (SSSR count). The molecule has 1 N–H and O–H groups in total. The van der Waals surface area contributed by atoms with E-state index in [1.807, 2.05) is 44.2 Å². The van der Waals surface area contributed by atoms with Crippen LogP contribution in [-0.4, -0.2) is 9.97 Å². The summed E-state index contributed by atoms with van der Waals surface area (Å²) in [5.74, 6) is 0. The Balaban J connectivity index is 2.65. The van der Waals surface area contributed by atoms with Gasteiger partial charge in [0.15, 0.2) is 0 Å². The molecule has 17 heavy (non-hydrogen) atoms. The summed E-state index contributed by atoms with van der Waals surface area (Å²) in [5.41, 5.74) is 3.26. The Kier molecular flexibility index (Phi) is 2.01. The summed E-state index contributed by atoms with van der Waals surface area (Å²) in [4.78, 5) is 19.2. The van der Waals surface area contributed by atoms with Gasteiger partial charge in [0, 0.05) is 22.0 Å². The van der Waals surface area contributed by atoms with Gasteiger partial charge in [0.05, 0.1) is 0 Å². The van der Waals surface area contributed by atoms with Crippen molar-refractivity contribution in [1.82, 2.24) is 9.97 Å². The Labute approximate surface area is 98.1 Å². The van der Waals surface area contributed by atoms with Gasteiger partial charge in [-0.25, -0.2) is 4.98 Å².